The molecule has 0 bridgehead atoms. The molecule has 2 aromatic carbocycles. The molecule has 4 rings (SSSR count). The number of methoxy groups -OCH3 is 1. The molecule has 3 aromatic rings. The summed E-state index contributed by atoms with van der Waals surface area (Å²) in [5.74, 6) is -1.30. The molecule has 2 heterocycles. The van der Waals surface area contributed by atoms with E-state index >= 15 is 0 Å². The monoisotopic (exact) mass is 530 g/mol. The lowest BCUT2D eigenvalue weighted by Crippen LogP contribution is -2.41. The zero-order chi connectivity index (χ0) is 27.1. The van der Waals surface area contributed by atoms with Gasteiger partial charge in [0, 0.05) is 36.1 Å². The summed E-state index contributed by atoms with van der Waals surface area (Å²) in [6.45, 7) is 1.92. The van der Waals surface area contributed by atoms with Gasteiger partial charge in [-0.1, -0.05) is 12.1 Å². The number of hydrogen-bond acceptors (Lipinski definition) is 7. The fraction of sp³-hybridized carbons (Fsp3) is 0.269. The van der Waals surface area contributed by atoms with E-state index in [0.717, 1.165) is 23.3 Å². The maximum Gasteiger partial charge on any atom is 0.573 e. The first-order chi connectivity index (χ1) is 18.2. The van der Waals surface area contributed by atoms with Crippen LogP contribution < -0.4 is 20.1 Å². The number of carbonyl (C=O) groups is 2. The van der Waals surface area contributed by atoms with Crippen LogP contribution in [0.15, 0.2) is 60.8 Å². The van der Waals surface area contributed by atoms with Gasteiger partial charge in [-0.2, -0.15) is 0 Å². The second-order valence-corrected chi connectivity index (χ2v) is 8.29. The highest BCUT2D eigenvalue weighted by molar-refractivity contribution is 6.06. The summed E-state index contributed by atoms with van der Waals surface area (Å²) in [7, 11) is 1.52. The van der Waals surface area contributed by atoms with Crippen molar-refractivity contribution >= 4 is 23.2 Å². The van der Waals surface area contributed by atoms with E-state index in [1.54, 1.807) is 36.5 Å². The van der Waals surface area contributed by atoms with Crippen LogP contribution in [0.1, 0.15) is 10.4 Å². The van der Waals surface area contributed by atoms with Crippen LogP contribution in [-0.4, -0.2) is 68.0 Å². The Hall–Kier alpha value is -4.16. The standard InChI is InChI=1S/C26H25F3N4O5/c1-36-25-20(3-2-10-30-25)17-4-7-19(8-5-17)31-24(35)18-6-9-22(38-26(27,28)29)21(15-18)32-23(34)16-33-11-13-37-14-12-33/h2-10,15H,11-14,16H2,1H3,(H,31,35)(H,32,34). The van der Waals surface area contributed by atoms with Gasteiger partial charge in [0.2, 0.25) is 11.8 Å². The van der Waals surface area contributed by atoms with Gasteiger partial charge in [-0.15, -0.1) is 13.2 Å². The highest BCUT2D eigenvalue weighted by atomic mass is 19.4. The molecule has 0 atom stereocenters. The second-order valence-electron chi connectivity index (χ2n) is 8.29. The lowest BCUT2D eigenvalue weighted by molar-refractivity contribution is -0.274. The maximum absolute atomic E-state index is 12.9. The lowest BCUT2D eigenvalue weighted by atomic mass is 10.1. The lowest BCUT2D eigenvalue weighted by Gasteiger charge is -2.26. The number of alkyl halides is 3. The summed E-state index contributed by atoms with van der Waals surface area (Å²) in [5.41, 5.74) is 1.79. The number of nitrogens with one attached hydrogen (secondary N) is 2. The Kier molecular flexibility index (Phi) is 8.44. The van der Waals surface area contributed by atoms with Crippen LogP contribution in [-0.2, 0) is 9.53 Å². The fourth-order valence-corrected chi connectivity index (χ4v) is 3.84. The minimum atomic E-state index is -4.98. The van der Waals surface area contributed by atoms with Crippen molar-refractivity contribution in [1.82, 2.24) is 9.88 Å². The van der Waals surface area contributed by atoms with Gasteiger partial charge >= 0.3 is 6.36 Å². The molecule has 1 aliphatic heterocycles. The molecule has 2 amide bonds. The van der Waals surface area contributed by atoms with Crippen molar-refractivity contribution in [3.05, 3.63) is 66.4 Å². The molecule has 0 radical (unpaired) electrons. The van der Waals surface area contributed by atoms with Gasteiger partial charge in [-0.05, 0) is 48.0 Å². The van der Waals surface area contributed by atoms with Gasteiger partial charge in [0.25, 0.3) is 5.91 Å². The van der Waals surface area contributed by atoms with Crippen LogP contribution in [0.5, 0.6) is 11.6 Å². The van der Waals surface area contributed by atoms with Crippen LogP contribution >= 0.6 is 0 Å². The second kappa shape index (κ2) is 11.9. The SMILES string of the molecule is COc1ncccc1-c1ccc(NC(=O)c2ccc(OC(F)(F)F)c(NC(=O)CN3CCOCC3)c2)cc1. The molecule has 0 saturated carbocycles. The Morgan fingerprint density at radius 3 is 2.47 bits per heavy atom. The number of amides is 2. The topological polar surface area (TPSA) is 102 Å². The smallest absolute Gasteiger partial charge is 0.481 e. The molecule has 2 N–H and O–H groups in total. The summed E-state index contributed by atoms with van der Waals surface area (Å²) in [6.07, 6.45) is -3.37. The van der Waals surface area contributed by atoms with E-state index < -0.39 is 23.9 Å². The minimum absolute atomic E-state index is 0.0270. The van der Waals surface area contributed by atoms with Crippen molar-refractivity contribution in [2.75, 3.05) is 50.6 Å². The van der Waals surface area contributed by atoms with Gasteiger partial charge in [0.15, 0.2) is 5.75 Å². The summed E-state index contributed by atoms with van der Waals surface area (Å²) in [5, 5.41) is 5.13. The minimum Gasteiger partial charge on any atom is -0.481 e. The fourth-order valence-electron chi connectivity index (χ4n) is 3.84. The predicted molar refractivity (Wildman–Crippen MR) is 133 cm³/mol. The first-order valence-electron chi connectivity index (χ1n) is 11.6. The molecule has 0 spiro atoms. The maximum atomic E-state index is 12.9. The molecule has 9 nitrogen and oxygen atoms in total. The number of benzene rings is 2. The van der Waals surface area contributed by atoms with E-state index in [1.165, 1.54) is 13.2 Å². The highest BCUT2D eigenvalue weighted by Crippen LogP contribution is 2.32. The molecule has 0 unspecified atom stereocenters. The molecule has 200 valence electrons. The van der Waals surface area contributed by atoms with E-state index in [1.807, 2.05) is 11.0 Å². The molecule has 1 aliphatic rings. The summed E-state index contributed by atoms with van der Waals surface area (Å²) in [4.78, 5) is 31.4. The third-order valence-electron chi connectivity index (χ3n) is 5.63. The number of pyridine rings is 1. The van der Waals surface area contributed by atoms with Crippen molar-refractivity contribution < 1.29 is 37.0 Å². The van der Waals surface area contributed by atoms with Gasteiger partial charge in [0.1, 0.15) is 0 Å². The van der Waals surface area contributed by atoms with E-state index in [0.29, 0.717) is 37.9 Å². The van der Waals surface area contributed by atoms with Crippen molar-refractivity contribution in [3.8, 4) is 22.8 Å². The number of aromatic nitrogens is 1. The predicted octanol–water partition coefficient (Wildman–Crippen LogP) is 4.18. The number of halogens is 3. The Labute approximate surface area is 216 Å². The third-order valence-corrected chi connectivity index (χ3v) is 5.63. The Morgan fingerprint density at radius 2 is 1.79 bits per heavy atom. The van der Waals surface area contributed by atoms with E-state index in [4.69, 9.17) is 9.47 Å². The molecular formula is C26H25F3N4O5. The number of rotatable bonds is 8. The van der Waals surface area contributed by atoms with E-state index in [-0.39, 0.29) is 17.8 Å². The number of ether oxygens (including phenoxy) is 3. The summed E-state index contributed by atoms with van der Waals surface area (Å²) >= 11 is 0. The molecule has 12 heteroatoms. The summed E-state index contributed by atoms with van der Waals surface area (Å²) < 4.78 is 53.4. The zero-order valence-electron chi connectivity index (χ0n) is 20.4. The third kappa shape index (κ3) is 7.20. The van der Waals surface area contributed by atoms with Crippen LogP contribution in [0.25, 0.3) is 11.1 Å². The van der Waals surface area contributed by atoms with Crippen molar-refractivity contribution in [1.29, 1.82) is 0 Å². The average molecular weight is 531 g/mol. The molecule has 1 saturated heterocycles. The van der Waals surface area contributed by atoms with E-state index in [9.17, 15) is 22.8 Å². The van der Waals surface area contributed by atoms with Gasteiger partial charge < -0.3 is 24.8 Å². The van der Waals surface area contributed by atoms with Gasteiger partial charge in [-0.3, -0.25) is 14.5 Å². The van der Waals surface area contributed by atoms with Crippen molar-refractivity contribution in [2.24, 2.45) is 0 Å². The quantitative estimate of drug-likeness (QED) is 0.451. The van der Waals surface area contributed by atoms with Crippen LogP contribution in [0, 0.1) is 0 Å². The Bertz CT molecular complexity index is 1280. The molecule has 0 aliphatic carbocycles. The number of morpholine rings is 1. The van der Waals surface area contributed by atoms with Crippen molar-refractivity contribution in [2.45, 2.75) is 6.36 Å². The van der Waals surface area contributed by atoms with Crippen LogP contribution in [0.3, 0.4) is 0 Å². The molecule has 38 heavy (non-hydrogen) atoms. The Morgan fingerprint density at radius 1 is 1.05 bits per heavy atom. The van der Waals surface area contributed by atoms with Gasteiger partial charge in [0.05, 0.1) is 32.6 Å². The number of anilines is 2. The zero-order valence-corrected chi connectivity index (χ0v) is 20.4. The Balaban J connectivity index is 1.49. The largest absolute Gasteiger partial charge is 0.573 e. The number of hydrogen-bond donors (Lipinski definition) is 2. The first kappa shape index (κ1) is 26.9. The highest BCUT2D eigenvalue weighted by Gasteiger charge is 2.32. The molecular weight excluding hydrogens is 505 g/mol. The van der Waals surface area contributed by atoms with Crippen LogP contribution in [0.4, 0.5) is 24.5 Å². The van der Waals surface area contributed by atoms with E-state index in [2.05, 4.69) is 20.4 Å². The van der Waals surface area contributed by atoms with Gasteiger partial charge in [-0.25, -0.2) is 4.98 Å². The molecule has 1 fully saturated rings. The van der Waals surface area contributed by atoms with Crippen LogP contribution in [0.2, 0.25) is 0 Å². The molecule has 1 aromatic heterocycles. The summed E-state index contributed by atoms with van der Waals surface area (Å²) in [6, 6.07) is 13.8. The van der Waals surface area contributed by atoms with Crippen molar-refractivity contribution in [3.63, 3.8) is 0 Å². The number of nitrogens with zero attached hydrogens (tertiary/aromatic N) is 2. The normalized spacial score (nSPS) is 14.0. The number of carbonyl (C=O) groups excluding carboxylic acids is 2. The average Bonchev–Trinajstić information content (AvgIpc) is 2.90. The first-order valence-corrected chi connectivity index (χ1v) is 11.6.